The second-order valence-electron chi connectivity index (χ2n) is 6.11. The third-order valence-corrected chi connectivity index (χ3v) is 3.86. The first-order valence-electron chi connectivity index (χ1n) is 9.21. The number of amides is 4. The summed E-state index contributed by atoms with van der Waals surface area (Å²) in [6, 6.07) is 15.6. The van der Waals surface area contributed by atoms with Crippen LogP contribution in [-0.2, 0) is 11.3 Å². The molecule has 2 aromatic rings. The third kappa shape index (κ3) is 7.11. The van der Waals surface area contributed by atoms with Gasteiger partial charge in [-0.2, -0.15) is 0 Å². The Hall–Kier alpha value is -3.35. The van der Waals surface area contributed by atoms with Crippen LogP contribution in [0.4, 0.5) is 4.79 Å². The van der Waals surface area contributed by atoms with Gasteiger partial charge in [0.25, 0.3) is 11.8 Å². The Bertz CT molecular complexity index is 793. The van der Waals surface area contributed by atoms with Gasteiger partial charge in [-0.3, -0.25) is 14.9 Å². The lowest BCUT2D eigenvalue weighted by Crippen LogP contribution is -2.42. The smallest absolute Gasteiger partial charge is 0.321 e. The zero-order chi connectivity index (χ0) is 20.2. The summed E-state index contributed by atoms with van der Waals surface area (Å²) in [6.45, 7) is 2.52. The number of rotatable bonds is 9. The van der Waals surface area contributed by atoms with Gasteiger partial charge in [-0.15, -0.1) is 0 Å². The summed E-state index contributed by atoms with van der Waals surface area (Å²) in [6.07, 6.45) is 1.78. The average molecular weight is 383 g/mol. The summed E-state index contributed by atoms with van der Waals surface area (Å²) < 4.78 is 5.45. The summed E-state index contributed by atoms with van der Waals surface area (Å²) in [7, 11) is 0. The van der Waals surface area contributed by atoms with Crippen LogP contribution in [0.1, 0.15) is 35.7 Å². The van der Waals surface area contributed by atoms with E-state index >= 15 is 0 Å². The van der Waals surface area contributed by atoms with Crippen LogP contribution in [0.3, 0.4) is 0 Å². The highest BCUT2D eigenvalue weighted by Crippen LogP contribution is 2.18. The highest BCUT2D eigenvalue weighted by molar-refractivity contribution is 5.97. The highest BCUT2D eigenvalue weighted by Gasteiger charge is 2.14. The number of ether oxygens (including phenoxy) is 1. The minimum absolute atomic E-state index is 0.273. The quantitative estimate of drug-likeness (QED) is 0.580. The van der Waals surface area contributed by atoms with Crippen molar-refractivity contribution < 1.29 is 19.1 Å². The van der Waals surface area contributed by atoms with E-state index in [-0.39, 0.29) is 18.3 Å². The first-order valence-corrected chi connectivity index (χ1v) is 9.21. The number of nitrogens with one attached hydrogen (secondary N) is 3. The molecule has 0 aromatic heterocycles. The first-order chi connectivity index (χ1) is 13.6. The van der Waals surface area contributed by atoms with Crippen LogP contribution in [0.15, 0.2) is 54.6 Å². The summed E-state index contributed by atoms with van der Waals surface area (Å²) in [5.41, 5.74) is 1.29. The zero-order valence-electron chi connectivity index (χ0n) is 15.9. The summed E-state index contributed by atoms with van der Waals surface area (Å²) >= 11 is 0. The van der Waals surface area contributed by atoms with E-state index in [2.05, 4.69) is 16.0 Å². The minimum atomic E-state index is -0.589. The number of urea groups is 1. The molecule has 2 rings (SSSR count). The van der Waals surface area contributed by atoms with Crippen molar-refractivity contribution >= 4 is 17.8 Å². The predicted molar refractivity (Wildman–Crippen MR) is 106 cm³/mol. The molecule has 0 saturated carbocycles. The van der Waals surface area contributed by atoms with Crippen LogP contribution in [0.25, 0.3) is 0 Å². The molecule has 28 heavy (non-hydrogen) atoms. The summed E-state index contributed by atoms with van der Waals surface area (Å²) in [5.74, 6) is -0.625. The van der Waals surface area contributed by atoms with Crippen molar-refractivity contribution in [1.82, 2.24) is 16.0 Å². The second-order valence-corrected chi connectivity index (χ2v) is 6.11. The number of carbonyl (C=O) groups is 3. The topological polar surface area (TPSA) is 96.5 Å². The molecule has 2 aromatic carbocycles. The average Bonchev–Trinajstić information content (AvgIpc) is 2.71. The van der Waals surface area contributed by atoms with E-state index in [4.69, 9.17) is 4.74 Å². The Morgan fingerprint density at radius 3 is 2.39 bits per heavy atom. The Kier molecular flexibility index (Phi) is 8.52. The molecule has 0 spiro atoms. The van der Waals surface area contributed by atoms with Gasteiger partial charge in [0.2, 0.25) is 0 Å². The maximum absolute atomic E-state index is 12.5. The van der Waals surface area contributed by atoms with E-state index in [0.717, 1.165) is 18.4 Å². The fourth-order valence-electron chi connectivity index (χ4n) is 2.38. The number of hydrogen-bond donors (Lipinski definition) is 3. The van der Waals surface area contributed by atoms with E-state index in [0.29, 0.717) is 18.7 Å². The van der Waals surface area contributed by atoms with Gasteiger partial charge in [0.05, 0.1) is 5.56 Å². The standard InChI is InChI=1S/C21H25N3O4/c1-2-3-13-22-21(27)24-19(25)15-28-18-12-8-7-11-17(18)20(26)23-14-16-9-5-4-6-10-16/h4-12H,2-3,13-15H2,1H3,(H,23,26)(H2,22,24,25,27). The number of benzene rings is 2. The van der Waals surface area contributed by atoms with Crippen LogP contribution in [0.5, 0.6) is 5.75 Å². The molecule has 0 fully saturated rings. The highest BCUT2D eigenvalue weighted by atomic mass is 16.5. The lowest BCUT2D eigenvalue weighted by atomic mass is 10.1. The number of carbonyl (C=O) groups excluding carboxylic acids is 3. The van der Waals surface area contributed by atoms with Gasteiger partial charge in [0, 0.05) is 13.1 Å². The van der Waals surface area contributed by atoms with Gasteiger partial charge in [-0.25, -0.2) is 4.79 Å². The second kappa shape index (κ2) is 11.4. The Labute approximate surface area is 164 Å². The van der Waals surface area contributed by atoms with E-state index in [1.54, 1.807) is 24.3 Å². The van der Waals surface area contributed by atoms with E-state index < -0.39 is 11.9 Å². The van der Waals surface area contributed by atoms with E-state index in [9.17, 15) is 14.4 Å². The molecule has 3 N–H and O–H groups in total. The molecular formula is C21H25N3O4. The zero-order valence-corrected chi connectivity index (χ0v) is 15.9. The molecular weight excluding hydrogens is 358 g/mol. The molecule has 0 radical (unpaired) electrons. The number of hydrogen-bond acceptors (Lipinski definition) is 4. The van der Waals surface area contributed by atoms with Gasteiger partial charge >= 0.3 is 6.03 Å². The molecule has 0 aliphatic rings. The summed E-state index contributed by atoms with van der Waals surface area (Å²) in [4.78, 5) is 35.9. The Morgan fingerprint density at radius 2 is 1.64 bits per heavy atom. The van der Waals surface area contributed by atoms with Gasteiger partial charge in [0.1, 0.15) is 5.75 Å². The third-order valence-electron chi connectivity index (χ3n) is 3.86. The van der Waals surface area contributed by atoms with Crippen molar-refractivity contribution in [3.8, 4) is 5.75 Å². The van der Waals surface area contributed by atoms with Crippen molar-refractivity contribution in [3.05, 3.63) is 65.7 Å². The molecule has 0 saturated heterocycles. The van der Waals surface area contributed by atoms with E-state index in [1.165, 1.54) is 0 Å². The van der Waals surface area contributed by atoms with E-state index in [1.807, 2.05) is 37.3 Å². The van der Waals surface area contributed by atoms with Gasteiger partial charge in [0.15, 0.2) is 6.61 Å². The molecule has 0 aliphatic heterocycles. The largest absolute Gasteiger partial charge is 0.483 e. The van der Waals surface area contributed by atoms with Crippen molar-refractivity contribution in [2.45, 2.75) is 26.3 Å². The lowest BCUT2D eigenvalue weighted by Gasteiger charge is -2.12. The SMILES string of the molecule is CCCCNC(=O)NC(=O)COc1ccccc1C(=O)NCc1ccccc1. The van der Waals surface area contributed by atoms with Crippen LogP contribution in [0.2, 0.25) is 0 Å². The van der Waals surface area contributed by atoms with Crippen molar-refractivity contribution in [1.29, 1.82) is 0 Å². The molecule has 7 heteroatoms. The fourth-order valence-corrected chi connectivity index (χ4v) is 2.38. The normalized spacial score (nSPS) is 10.0. The van der Waals surface area contributed by atoms with Crippen molar-refractivity contribution in [2.24, 2.45) is 0 Å². The molecule has 4 amide bonds. The molecule has 0 atom stereocenters. The van der Waals surface area contributed by atoms with Crippen LogP contribution >= 0.6 is 0 Å². The summed E-state index contributed by atoms with van der Waals surface area (Å²) in [5, 5.41) is 7.59. The number of unbranched alkanes of at least 4 members (excludes halogenated alkanes) is 1. The number of imide groups is 1. The van der Waals surface area contributed by atoms with Gasteiger partial charge in [-0.05, 0) is 24.1 Å². The Balaban J connectivity index is 1.86. The fraction of sp³-hybridized carbons (Fsp3) is 0.286. The van der Waals surface area contributed by atoms with Gasteiger partial charge < -0.3 is 15.4 Å². The van der Waals surface area contributed by atoms with Gasteiger partial charge in [-0.1, -0.05) is 55.8 Å². The van der Waals surface area contributed by atoms with Crippen molar-refractivity contribution in [3.63, 3.8) is 0 Å². The van der Waals surface area contributed by atoms with Crippen molar-refractivity contribution in [2.75, 3.05) is 13.2 Å². The van der Waals surface area contributed by atoms with Crippen LogP contribution < -0.4 is 20.7 Å². The van der Waals surface area contributed by atoms with Crippen LogP contribution in [-0.4, -0.2) is 31.0 Å². The van der Waals surface area contributed by atoms with Crippen LogP contribution in [0, 0.1) is 0 Å². The number of para-hydroxylation sites is 1. The molecule has 0 heterocycles. The molecule has 0 unspecified atom stereocenters. The monoisotopic (exact) mass is 383 g/mol. The molecule has 0 bridgehead atoms. The minimum Gasteiger partial charge on any atom is -0.483 e. The maximum Gasteiger partial charge on any atom is 0.321 e. The predicted octanol–water partition coefficient (Wildman–Crippen LogP) is 2.62. The Morgan fingerprint density at radius 1 is 0.929 bits per heavy atom. The molecule has 148 valence electrons. The maximum atomic E-state index is 12.5. The molecule has 7 nitrogen and oxygen atoms in total. The first kappa shape index (κ1) is 21.0. The molecule has 0 aliphatic carbocycles. The lowest BCUT2D eigenvalue weighted by molar-refractivity contribution is -0.122.